The molecule has 0 unspecified atom stereocenters. The highest BCUT2D eigenvalue weighted by molar-refractivity contribution is 5.69. The zero-order chi connectivity index (χ0) is 11.1. The Morgan fingerprint density at radius 1 is 1.23 bits per heavy atom. The van der Waals surface area contributed by atoms with E-state index in [0.717, 1.165) is 6.92 Å². The summed E-state index contributed by atoms with van der Waals surface area (Å²) < 4.78 is 0. The summed E-state index contributed by atoms with van der Waals surface area (Å²) in [6, 6.07) is 0. The van der Waals surface area contributed by atoms with E-state index in [0.29, 0.717) is 0 Å². The van der Waals surface area contributed by atoms with Gasteiger partial charge in [-0.05, 0) is 20.8 Å². The molecule has 5 nitrogen and oxygen atoms in total. The average molecular weight is 191 g/mol. The van der Waals surface area contributed by atoms with Gasteiger partial charge in [0.2, 0.25) is 0 Å². The predicted octanol–water partition coefficient (Wildman–Crippen LogP) is 0.550. The van der Waals surface area contributed by atoms with Crippen molar-refractivity contribution in [1.29, 1.82) is 0 Å². The number of carboxylic acids is 2. The lowest BCUT2D eigenvalue weighted by Gasteiger charge is -2.18. The second kappa shape index (κ2) is 6.42. The SMILES string of the molecule is CC(=O)O.CC(C)(C)NCC(=O)O. The lowest BCUT2D eigenvalue weighted by atomic mass is 10.1. The van der Waals surface area contributed by atoms with Gasteiger partial charge in [-0.2, -0.15) is 0 Å². The van der Waals surface area contributed by atoms with E-state index in [4.69, 9.17) is 15.0 Å². The van der Waals surface area contributed by atoms with Crippen molar-refractivity contribution in [2.24, 2.45) is 0 Å². The molecular weight excluding hydrogens is 174 g/mol. The third-order valence-electron chi connectivity index (χ3n) is 0.770. The van der Waals surface area contributed by atoms with Crippen LogP contribution >= 0.6 is 0 Å². The summed E-state index contributed by atoms with van der Waals surface area (Å²) in [4.78, 5) is 19.0. The van der Waals surface area contributed by atoms with Crippen molar-refractivity contribution in [1.82, 2.24) is 5.32 Å². The minimum absolute atomic E-state index is 0.0312. The van der Waals surface area contributed by atoms with Gasteiger partial charge in [-0.1, -0.05) is 0 Å². The van der Waals surface area contributed by atoms with Gasteiger partial charge in [0.15, 0.2) is 0 Å². The van der Waals surface area contributed by atoms with Gasteiger partial charge in [0.25, 0.3) is 5.97 Å². The molecule has 0 bridgehead atoms. The molecule has 0 aliphatic heterocycles. The van der Waals surface area contributed by atoms with Gasteiger partial charge < -0.3 is 15.5 Å². The van der Waals surface area contributed by atoms with Crippen LogP contribution in [-0.2, 0) is 9.59 Å². The summed E-state index contributed by atoms with van der Waals surface area (Å²) in [6.45, 7) is 6.89. The van der Waals surface area contributed by atoms with Crippen LogP contribution in [0.4, 0.5) is 0 Å². The monoisotopic (exact) mass is 191 g/mol. The van der Waals surface area contributed by atoms with Crippen LogP contribution in [0.5, 0.6) is 0 Å². The van der Waals surface area contributed by atoms with E-state index in [2.05, 4.69) is 5.32 Å². The number of nitrogens with one attached hydrogen (secondary N) is 1. The van der Waals surface area contributed by atoms with Crippen molar-refractivity contribution in [2.45, 2.75) is 33.2 Å². The van der Waals surface area contributed by atoms with Crippen LogP contribution in [-0.4, -0.2) is 34.2 Å². The summed E-state index contributed by atoms with van der Waals surface area (Å²) in [7, 11) is 0. The van der Waals surface area contributed by atoms with E-state index in [9.17, 15) is 4.79 Å². The molecule has 5 heteroatoms. The van der Waals surface area contributed by atoms with Crippen molar-refractivity contribution in [3.63, 3.8) is 0 Å². The van der Waals surface area contributed by atoms with E-state index in [1.807, 2.05) is 20.8 Å². The summed E-state index contributed by atoms with van der Waals surface area (Å²) in [5.74, 6) is -1.65. The Bertz CT molecular complexity index is 167. The molecule has 0 radical (unpaired) electrons. The third-order valence-corrected chi connectivity index (χ3v) is 0.770. The van der Waals surface area contributed by atoms with Crippen LogP contribution in [0, 0.1) is 0 Å². The molecule has 78 valence electrons. The smallest absolute Gasteiger partial charge is 0.317 e. The Hall–Kier alpha value is -1.10. The molecule has 0 saturated heterocycles. The van der Waals surface area contributed by atoms with Crippen molar-refractivity contribution < 1.29 is 19.8 Å². The first-order chi connectivity index (χ1) is 5.65. The Labute approximate surface area is 77.8 Å². The largest absolute Gasteiger partial charge is 0.481 e. The minimum atomic E-state index is -0.833. The van der Waals surface area contributed by atoms with Gasteiger partial charge in [-0.3, -0.25) is 9.59 Å². The van der Waals surface area contributed by atoms with Gasteiger partial charge in [-0.25, -0.2) is 0 Å². The third kappa shape index (κ3) is 36.0. The standard InChI is InChI=1S/C6H13NO2.C2H4O2/c1-6(2,3)7-4-5(8)9;1-2(3)4/h7H,4H2,1-3H3,(H,8,9);1H3,(H,3,4). The molecule has 0 aliphatic carbocycles. The first-order valence-electron chi connectivity index (χ1n) is 3.81. The lowest BCUT2D eigenvalue weighted by Crippen LogP contribution is -2.39. The highest BCUT2D eigenvalue weighted by atomic mass is 16.4. The number of aliphatic carboxylic acids is 2. The molecule has 0 aromatic carbocycles. The van der Waals surface area contributed by atoms with Crippen molar-refractivity contribution in [3.8, 4) is 0 Å². The van der Waals surface area contributed by atoms with Crippen LogP contribution in [0.15, 0.2) is 0 Å². The zero-order valence-corrected chi connectivity index (χ0v) is 8.42. The Morgan fingerprint density at radius 3 is 1.62 bits per heavy atom. The lowest BCUT2D eigenvalue weighted by molar-refractivity contribution is -0.136. The Balaban J connectivity index is 0. The van der Waals surface area contributed by atoms with Crippen LogP contribution in [0.1, 0.15) is 27.7 Å². The minimum Gasteiger partial charge on any atom is -0.481 e. The van der Waals surface area contributed by atoms with E-state index in [-0.39, 0.29) is 12.1 Å². The summed E-state index contributed by atoms with van der Waals surface area (Å²) in [5.41, 5.74) is -0.0988. The number of hydrogen-bond acceptors (Lipinski definition) is 3. The van der Waals surface area contributed by atoms with E-state index in [1.54, 1.807) is 0 Å². The van der Waals surface area contributed by atoms with E-state index in [1.165, 1.54) is 0 Å². The number of rotatable bonds is 2. The van der Waals surface area contributed by atoms with Gasteiger partial charge >= 0.3 is 5.97 Å². The molecule has 13 heavy (non-hydrogen) atoms. The molecule has 0 rings (SSSR count). The van der Waals surface area contributed by atoms with Crippen molar-refractivity contribution in [3.05, 3.63) is 0 Å². The van der Waals surface area contributed by atoms with Gasteiger partial charge in [0, 0.05) is 12.5 Å². The first-order valence-corrected chi connectivity index (χ1v) is 3.81. The quantitative estimate of drug-likeness (QED) is 0.593. The fraction of sp³-hybridized carbons (Fsp3) is 0.750. The molecule has 0 aliphatic rings. The molecule has 0 amide bonds. The van der Waals surface area contributed by atoms with E-state index >= 15 is 0 Å². The van der Waals surface area contributed by atoms with Crippen molar-refractivity contribution >= 4 is 11.9 Å². The first kappa shape index (κ1) is 14.4. The van der Waals surface area contributed by atoms with Gasteiger partial charge in [0.05, 0.1) is 6.54 Å². The molecule has 0 saturated carbocycles. The molecule has 0 fully saturated rings. The summed E-state index contributed by atoms with van der Waals surface area (Å²) in [5, 5.41) is 18.5. The molecular formula is C8H17NO4. The topological polar surface area (TPSA) is 86.6 Å². The van der Waals surface area contributed by atoms with Crippen LogP contribution < -0.4 is 5.32 Å². The molecule has 0 aromatic heterocycles. The highest BCUT2D eigenvalue weighted by Crippen LogP contribution is 1.96. The predicted molar refractivity (Wildman–Crippen MR) is 48.7 cm³/mol. The van der Waals surface area contributed by atoms with Crippen LogP contribution in [0.25, 0.3) is 0 Å². The normalized spacial score (nSPS) is 9.85. The number of carboxylic acid groups (broad SMARTS) is 2. The molecule has 3 N–H and O–H groups in total. The molecule has 0 aromatic rings. The highest BCUT2D eigenvalue weighted by Gasteiger charge is 2.09. The molecule has 0 heterocycles. The van der Waals surface area contributed by atoms with Crippen LogP contribution in [0.2, 0.25) is 0 Å². The summed E-state index contributed by atoms with van der Waals surface area (Å²) in [6.07, 6.45) is 0. The van der Waals surface area contributed by atoms with Gasteiger partial charge in [0.1, 0.15) is 0 Å². The fourth-order valence-electron chi connectivity index (χ4n) is 0.341. The van der Waals surface area contributed by atoms with Crippen LogP contribution in [0.3, 0.4) is 0 Å². The second-order valence-corrected chi connectivity index (χ2v) is 3.52. The van der Waals surface area contributed by atoms with E-state index < -0.39 is 11.9 Å². The maximum atomic E-state index is 9.98. The molecule has 0 atom stereocenters. The Kier molecular flexibility index (Phi) is 7.12. The number of hydrogen-bond donors (Lipinski definition) is 3. The molecule has 0 spiro atoms. The Morgan fingerprint density at radius 2 is 1.54 bits per heavy atom. The fourth-order valence-corrected chi connectivity index (χ4v) is 0.341. The van der Waals surface area contributed by atoms with Crippen molar-refractivity contribution in [2.75, 3.05) is 6.54 Å². The maximum absolute atomic E-state index is 9.98. The summed E-state index contributed by atoms with van der Waals surface area (Å²) >= 11 is 0. The van der Waals surface area contributed by atoms with Gasteiger partial charge in [-0.15, -0.1) is 0 Å². The zero-order valence-electron chi connectivity index (χ0n) is 8.42. The average Bonchev–Trinajstić information content (AvgIpc) is 1.80. The second-order valence-electron chi connectivity index (χ2n) is 3.52. The number of carbonyl (C=O) groups is 2. The maximum Gasteiger partial charge on any atom is 0.317 e.